The summed E-state index contributed by atoms with van der Waals surface area (Å²) in [7, 11) is 0. The van der Waals surface area contributed by atoms with Crippen LogP contribution in [0, 0.1) is 0 Å². The minimum absolute atomic E-state index is 0.0835. The van der Waals surface area contributed by atoms with Gasteiger partial charge in [0.25, 0.3) is 0 Å². The van der Waals surface area contributed by atoms with Crippen LogP contribution in [0.25, 0.3) is 0 Å². The van der Waals surface area contributed by atoms with E-state index in [2.05, 4.69) is 26.1 Å². The van der Waals surface area contributed by atoms with Crippen molar-refractivity contribution in [3.8, 4) is 0 Å². The highest BCUT2D eigenvalue weighted by Crippen LogP contribution is 2.16. The Balaban J connectivity index is 0.000000561. The normalized spacial score (nSPS) is 26.1. The number of nitrogens with one attached hydrogen (secondary N) is 1. The van der Waals surface area contributed by atoms with Gasteiger partial charge in [-0.1, -0.05) is 13.3 Å². The number of ether oxygens (including phenoxy) is 1. The van der Waals surface area contributed by atoms with Crippen LogP contribution in [0.3, 0.4) is 0 Å². The fourth-order valence-corrected chi connectivity index (χ4v) is 1.39. The Kier molecular flexibility index (Phi) is 5.09. The Morgan fingerprint density at radius 2 is 2.17 bits per heavy atom. The maximum Gasteiger partial charge on any atom is 0.113 e. The first-order chi connectivity index (χ1) is 5.64. The molecule has 0 bridgehead atoms. The zero-order chi connectivity index (χ0) is 9.61. The molecule has 1 aliphatic heterocycles. The molecule has 1 fully saturated rings. The summed E-state index contributed by atoms with van der Waals surface area (Å²) in [5, 5.41) is 3.41. The minimum Gasteiger partial charge on any atom is -0.360 e. The molecule has 12 heavy (non-hydrogen) atoms. The molecule has 1 N–H and O–H groups in total. The second-order valence-electron chi connectivity index (χ2n) is 3.45. The van der Waals surface area contributed by atoms with Gasteiger partial charge in [-0.05, 0) is 20.3 Å². The van der Waals surface area contributed by atoms with E-state index in [1.165, 1.54) is 12.8 Å². The zero-order valence-corrected chi connectivity index (χ0v) is 8.22. The van der Waals surface area contributed by atoms with Crippen molar-refractivity contribution >= 4 is 6.79 Å². The Hall–Kier alpha value is -0.410. The molecule has 0 aliphatic carbocycles. The highest BCUT2D eigenvalue weighted by molar-refractivity contribution is 5.10. The van der Waals surface area contributed by atoms with Crippen LogP contribution in [0.5, 0.6) is 0 Å². The molecule has 72 valence electrons. The van der Waals surface area contributed by atoms with Crippen molar-refractivity contribution in [2.75, 3.05) is 6.61 Å². The van der Waals surface area contributed by atoms with Crippen LogP contribution in [0.2, 0.25) is 0 Å². The highest BCUT2D eigenvalue weighted by Gasteiger charge is 2.29. The molecule has 1 saturated heterocycles. The molecule has 0 spiro atoms. The van der Waals surface area contributed by atoms with Gasteiger partial charge in [-0.15, -0.1) is 0 Å². The molecule has 3 nitrogen and oxygen atoms in total. The van der Waals surface area contributed by atoms with Crippen LogP contribution in [-0.2, 0) is 9.53 Å². The van der Waals surface area contributed by atoms with Gasteiger partial charge in [0, 0.05) is 6.04 Å². The molecular weight excluding hydrogens is 154 g/mol. The summed E-state index contributed by atoms with van der Waals surface area (Å²) in [6, 6.07) is 0.583. The summed E-state index contributed by atoms with van der Waals surface area (Å²) < 4.78 is 5.49. The van der Waals surface area contributed by atoms with Crippen LogP contribution >= 0.6 is 0 Å². The highest BCUT2D eigenvalue weighted by atomic mass is 16.5. The molecule has 1 aliphatic rings. The van der Waals surface area contributed by atoms with Crippen LogP contribution in [0.15, 0.2) is 0 Å². The molecule has 0 aromatic rings. The van der Waals surface area contributed by atoms with E-state index < -0.39 is 0 Å². The second-order valence-corrected chi connectivity index (χ2v) is 3.45. The van der Waals surface area contributed by atoms with E-state index in [9.17, 15) is 0 Å². The molecule has 3 heteroatoms. The monoisotopic (exact) mass is 173 g/mol. The first-order valence-corrected chi connectivity index (χ1v) is 4.34. The lowest BCUT2D eigenvalue weighted by Crippen LogP contribution is -2.38. The Labute approximate surface area is 74.5 Å². The smallest absolute Gasteiger partial charge is 0.113 e. The van der Waals surface area contributed by atoms with E-state index in [1.807, 2.05) is 6.79 Å². The predicted molar refractivity (Wildman–Crippen MR) is 49.0 cm³/mol. The maximum absolute atomic E-state index is 8.00. The molecular formula is C9H19NO2. The molecule has 1 unspecified atom stereocenters. The van der Waals surface area contributed by atoms with E-state index in [1.54, 1.807) is 0 Å². The zero-order valence-electron chi connectivity index (χ0n) is 8.22. The average molecular weight is 173 g/mol. The van der Waals surface area contributed by atoms with E-state index in [-0.39, 0.29) is 5.72 Å². The summed E-state index contributed by atoms with van der Waals surface area (Å²) in [6.45, 7) is 9.22. The Morgan fingerprint density at radius 3 is 2.50 bits per heavy atom. The average Bonchev–Trinajstić information content (AvgIpc) is 2.35. The quantitative estimate of drug-likeness (QED) is 0.684. The molecule has 1 heterocycles. The lowest BCUT2D eigenvalue weighted by atomic mass is 10.2. The van der Waals surface area contributed by atoms with Crippen molar-refractivity contribution < 1.29 is 9.53 Å². The fourth-order valence-electron chi connectivity index (χ4n) is 1.39. The van der Waals surface area contributed by atoms with Crippen molar-refractivity contribution in [2.24, 2.45) is 0 Å². The predicted octanol–water partition coefficient (Wildman–Crippen LogP) is 1.33. The molecule has 1 atom stereocenters. The van der Waals surface area contributed by atoms with Gasteiger partial charge in [0.2, 0.25) is 0 Å². The van der Waals surface area contributed by atoms with E-state index >= 15 is 0 Å². The van der Waals surface area contributed by atoms with E-state index in [0.717, 1.165) is 6.61 Å². The third-order valence-electron chi connectivity index (χ3n) is 1.83. The summed E-state index contributed by atoms with van der Waals surface area (Å²) in [5.74, 6) is 0. The third-order valence-corrected chi connectivity index (χ3v) is 1.83. The largest absolute Gasteiger partial charge is 0.360 e. The molecule has 1 rings (SSSR count). The van der Waals surface area contributed by atoms with Crippen LogP contribution in [-0.4, -0.2) is 25.2 Å². The fraction of sp³-hybridized carbons (Fsp3) is 0.889. The second kappa shape index (κ2) is 5.27. The number of hydrogen-bond donors (Lipinski definition) is 1. The van der Waals surface area contributed by atoms with Crippen LogP contribution in [0.1, 0.15) is 33.6 Å². The van der Waals surface area contributed by atoms with Gasteiger partial charge in [0.15, 0.2) is 0 Å². The number of hydrogen-bond acceptors (Lipinski definition) is 3. The number of carbonyl (C=O) groups excluding carboxylic acids is 1. The topological polar surface area (TPSA) is 38.3 Å². The van der Waals surface area contributed by atoms with Gasteiger partial charge in [0.05, 0.1) is 6.61 Å². The van der Waals surface area contributed by atoms with E-state index in [4.69, 9.17) is 9.53 Å². The number of carbonyl (C=O) groups is 1. The van der Waals surface area contributed by atoms with Crippen molar-refractivity contribution in [1.29, 1.82) is 0 Å². The van der Waals surface area contributed by atoms with Crippen molar-refractivity contribution in [3.05, 3.63) is 0 Å². The molecule has 0 aromatic carbocycles. The summed E-state index contributed by atoms with van der Waals surface area (Å²) in [6.07, 6.45) is 2.46. The van der Waals surface area contributed by atoms with Gasteiger partial charge in [-0.2, -0.15) is 0 Å². The van der Waals surface area contributed by atoms with Gasteiger partial charge >= 0.3 is 0 Å². The van der Waals surface area contributed by atoms with Crippen LogP contribution < -0.4 is 5.32 Å². The SMILES string of the molecule is C=O.CCCC1COC(C)(C)N1. The third kappa shape index (κ3) is 3.83. The van der Waals surface area contributed by atoms with Gasteiger partial charge in [-0.3, -0.25) is 5.32 Å². The number of rotatable bonds is 2. The van der Waals surface area contributed by atoms with Crippen molar-refractivity contribution in [2.45, 2.75) is 45.4 Å². The summed E-state index contributed by atoms with van der Waals surface area (Å²) in [4.78, 5) is 8.00. The first kappa shape index (κ1) is 11.6. The maximum atomic E-state index is 8.00. The first-order valence-electron chi connectivity index (χ1n) is 4.34. The molecule has 0 radical (unpaired) electrons. The standard InChI is InChI=1S/C8H17NO.CH2O/c1-4-5-7-6-10-8(2,3)9-7;1-2/h7,9H,4-6H2,1-3H3;1H2. The minimum atomic E-state index is -0.0835. The molecule has 0 saturated carbocycles. The summed E-state index contributed by atoms with van der Waals surface area (Å²) in [5.41, 5.74) is -0.0835. The van der Waals surface area contributed by atoms with Gasteiger partial charge in [0.1, 0.15) is 12.5 Å². The lowest BCUT2D eigenvalue weighted by Gasteiger charge is -2.17. The Bertz CT molecular complexity index is 126. The Morgan fingerprint density at radius 1 is 1.58 bits per heavy atom. The van der Waals surface area contributed by atoms with Gasteiger partial charge in [-0.25, -0.2) is 0 Å². The van der Waals surface area contributed by atoms with Gasteiger partial charge < -0.3 is 9.53 Å². The van der Waals surface area contributed by atoms with E-state index in [0.29, 0.717) is 6.04 Å². The molecule has 0 amide bonds. The van der Waals surface area contributed by atoms with Crippen molar-refractivity contribution in [3.63, 3.8) is 0 Å². The van der Waals surface area contributed by atoms with Crippen molar-refractivity contribution in [1.82, 2.24) is 5.32 Å². The lowest BCUT2D eigenvalue weighted by molar-refractivity contribution is -0.0979. The van der Waals surface area contributed by atoms with Crippen LogP contribution in [0.4, 0.5) is 0 Å². The summed E-state index contributed by atoms with van der Waals surface area (Å²) >= 11 is 0. The molecule has 0 aromatic heterocycles.